The van der Waals surface area contributed by atoms with Gasteiger partial charge in [0, 0.05) is 18.7 Å². The summed E-state index contributed by atoms with van der Waals surface area (Å²) in [5, 5.41) is 11.1. The van der Waals surface area contributed by atoms with Gasteiger partial charge in [0.05, 0.1) is 24.3 Å². The molecule has 2 aromatic rings. The second-order valence-corrected chi connectivity index (χ2v) is 8.49. The van der Waals surface area contributed by atoms with E-state index in [2.05, 4.69) is 0 Å². The summed E-state index contributed by atoms with van der Waals surface area (Å²) in [6.07, 6.45) is 0.0289. The maximum absolute atomic E-state index is 13.1. The molecule has 0 saturated carbocycles. The number of ether oxygens (including phenoxy) is 2. The molecule has 7 heteroatoms. The molecule has 1 aliphatic heterocycles. The van der Waals surface area contributed by atoms with Crippen LogP contribution in [-0.4, -0.2) is 66.5 Å². The molecule has 1 amide bonds. The van der Waals surface area contributed by atoms with Crippen molar-refractivity contribution in [2.24, 2.45) is 0 Å². The number of aliphatic hydroxyl groups is 1. The predicted molar refractivity (Wildman–Crippen MR) is 127 cm³/mol. The molecule has 0 radical (unpaired) electrons. The van der Waals surface area contributed by atoms with Crippen molar-refractivity contribution in [3.05, 3.63) is 65.2 Å². The summed E-state index contributed by atoms with van der Waals surface area (Å²) in [7, 11) is 3.81. The van der Waals surface area contributed by atoms with E-state index in [1.807, 2.05) is 64.0 Å². The molecule has 176 valence electrons. The first-order chi connectivity index (χ1) is 15.7. The van der Waals surface area contributed by atoms with Gasteiger partial charge in [0.2, 0.25) is 0 Å². The molecule has 0 spiro atoms. The normalized spacial score (nSPS) is 17.8. The van der Waals surface area contributed by atoms with E-state index in [1.165, 1.54) is 4.90 Å². The number of likely N-dealkylation sites (N-methyl/N-ethyl adjacent to an activating group) is 1. The van der Waals surface area contributed by atoms with Crippen LogP contribution in [0.25, 0.3) is 5.76 Å². The van der Waals surface area contributed by atoms with Crippen LogP contribution in [0.1, 0.15) is 37.9 Å². The van der Waals surface area contributed by atoms with Gasteiger partial charge in [0.25, 0.3) is 11.7 Å². The minimum Gasteiger partial charge on any atom is -0.507 e. The highest BCUT2D eigenvalue weighted by molar-refractivity contribution is 6.46. The van der Waals surface area contributed by atoms with Crippen molar-refractivity contribution < 1.29 is 24.2 Å². The number of Topliss-reactive ketones (excluding diaryl/α,β-unsaturated/α-hetero) is 1. The molecule has 1 heterocycles. The summed E-state index contributed by atoms with van der Waals surface area (Å²) >= 11 is 0. The zero-order chi connectivity index (χ0) is 24.1. The predicted octanol–water partition coefficient (Wildman–Crippen LogP) is 3.86. The number of hydrogen-bond donors (Lipinski definition) is 1. The molecule has 0 aliphatic carbocycles. The highest BCUT2D eigenvalue weighted by atomic mass is 16.5. The number of carbonyl (C=O) groups is 2. The molecular weight excluding hydrogens is 420 g/mol. The van der Waals surface area contributed by atoms with Crippen LogP contribution in [0.5, 0.6) is 11.5 Å². The van der Waals surface area contributed by atoms with E-state index in [1.54, 1.807) is 24.3 Å². The minimum atomic E-state index is -0.690. The fraction of sp³-hybridized carbons (Fsp3) is 0.385. The van der Waals surface area contributed by atoms with Gasteiger partial charge in [-0.25, -0.2) is 0 Å². The number of hydrogen-bond acceptors (Lipinski definition) is 6. The number of carbonyl (C=O) groups excluding carboxylic acids is 2. The van der Waals surface area contributed by atoms with Crippen molar-refractivity contribution in [1.29, 1.82) is 0 Å². The van der Waals surface area contributed by atoms with E-state index in [-0.39, 0.29) is 17.4 Å². The van der Waals surface area contributed by atoms with Crippen LogP contribution >= 0.6 is 0 Å². The Morgan fingerprint density at radius 1 is 1.03 bits per heavy atom. The SMILES string of the molecule is CCOc1ccc(C(O)=C2C(=O)C(=O)N(CCN(C)C)[C@@H]2c2ccc(OC(C)C)cc2)cc1. The summed E-state index contributed by atoms with van der Waals surface area (Å²) in [4.78, 5) is 29.5. The van der Waals surface area contributed by atoms with Crippen molar-refractivity contribution in [2.45, 2.75) is 32.9 Å². The Morgan fingerprint density at radius 2 is 1.64 bits per heavy atom. The van der Waals surface area contributed by atoms with Gasteiger partial charge in [-0.05, 0) is 76.8 Å². The smallest absolute Gasteiger partial charge is 0.295 e. The van der Waals surface area contributed by atoms with Crippen LogP contribution in [0.2, 0.25) is 0 Å². The number of amides is 1. The zero-order valence-corrected chi connectivity index (χ0v) is 19.9. The Labute approximate surface area is 195 Å². The van der Waals surface area contributed by atoms with Crippen molar-refractivity contribution in [3.63, 3.8) is 0 Å². The number of nitrogens with zero attached hydrogens (tertiary/aromatic N) is 2. The van der Waals surface area contributed by atoms with Gasteiger partial charge in [-0.3, -0.25) is 9.59 Å². The third-order valence-corrected chi connectivity index (χ3v) is 5.33. The lowest BCUT2D eigenvalue weighted by molar-refractivity contribution is -0.140. The molecule has 0 bridgehead atoms. The molecule has 33 heavy (non-hydrogen) atoms. The molecule has 7 nitrogen and oxygen atoms in total. The van der Waals surface area contributed by atoms with Crippen LogP contribution < -0.4 is 9.47 Å². The van der Waals surface area contributed by atoms with Crippen molar-refractivity contribution >= 4 is 17.4 Å². The average molecular weight is 453 g/mol. The number of benzene rings is 2. The molecule has 2 aromatic carbocycles. The standard InChI is InChI=1S/C26H32N2O5/c1-6-32-20-11-9-19(10-12-20)24(29)22-23(18-7-13-21(14-8-18)33-17(2)3)28(16-15-27(4)5)26(31)25(22)30/h7-14,17,23,29H,6,15-16H2,1-5H3/t23-/m1/s1. The first-order valence-electron chi connectivity index (χ1n) is 11.2. The number of ketones is 1. The number of rotatable bonds is 9. The van der Waals surface area contributed by atoms with E-state index in [0.29, 0.717) is 36.8 Å². The molecule has 1 aliphatic rings. The number of likely N-dealkylation sites (tertiary alicyclic amines) is 1. The van der Waals surface area contributed by atoms with Gasteiger partial charge in [0.1, 0.15) is 17.3 Å². The van der Waals surface area contributed by atoms with Crippen molar-refractivity contribution in [3.8, 4) is 11.5 Å². The van der Waals surface area contributed by atoms with E-state index < -0.39 is 17.7 Å². The second-order valence-electron chi connectivity index (χ2n) is 8.49. The third-order valence-electron chi connectivity index (χ3n) is 5.33. The van der Waals surface area contributed by atoms with E-state index in [9.17, 15) is 14.7 Å². The van der Waals surface area contributed by atoms with Gasteiger partial charge in [-0.1, -0.05) is 12.1 Å². The Bertz CT molecular complexity index is 1010. The first-order valence-corrected chi connectivity index (χ1v) is 11.2. The molecule has 3 rings (SSSR count). The van der Waals surface area contributed by atoms with Gasteiger partial charge in [-0.2, -0.15) is 0 Å². The maximum atomic E-state index is 13.1. The summed E-state index contributed by atoms with van der Waals surface area (Å²) < 4.78 is 11.2. The molecular formula is C26H32N2O5. The lowest BCUT2D eigenvalue weighted by Crippen LogP contribution is -2.35. The quantitative estimate of drug-likeness (QED) is 0.354. The molecule has 1 fully saturated rings. The van der Waals surface area contributed by atoms with Crippen LogP contribution in [-0.2, 0) is 9.59 Å². The van der Waals surface area contributed by atoms with E-state index in [4.69, 9.17) is 9.47 Å². The summed E-state index contributed by atoms with van der Waals surface area (Å²) in [6.45, 7) is 7.24. The fourth-order valence-electron chi connectivity index (χ4n) is 3.80. The molecule has 1 saturated heterocycles. The summed E-state index contributed by atoms with van der Waals surface area (Å²) in [5.74, 6) is -0.135. The van der Waals surface area contributed by atoms with Crippen LogP contribution in [0.4, 0.5) is 0 Å². The van der Waals surface area contributed by atoms with Crippen molar-refractivity contribution in [2.75, 3.05) is 33.8 Å². The monoisotopic (exact) mass is 452 g/mol. The van der Waals surface area contributed by atoms with E-state index >= 15 is 0 Å². The van der Waals surface area contributed by atoms with Crippen LogP contribution in [0.15, 0.2) is 54.1 Å². The van der Waals surface area contributed by atoms with Gasteiger partial charge in [0.15, 0.2) is 0 Å². The summed E-state index contributed by atoms with van der Waals surface area (Å²) in [5.41, 5.74) is 1.27. The molecule has 0 unspecified atom stereocenters. The van der Waals surface area contributed by atoms with Gasteiger partial charge < -0.3 is 24.4 Å². The topological polar surface area (TPSA) is 79.3 Å². The summed E-state index contributed by atoms with van der Waals surface area (Å²) in [6, 6.07) is 13.4. The zero-order valence-electron chi connectivity index (χ0n) is 19.9. The first kappa shape index (κ1) is 24.3. The lowest BCUT2D eigenvalue weighted by atomic mass is 9.95. The molecule has 1 atom stereocenters. The minimum absolute atomic E-state index is 0.0289. The Kier molecular flexibility index (Phi) is 7.76. The van der Waals surface area contributed by atoms with Crippen LogP contribution in [0, 0.1) is 0 Å². The van der Waals surface area contributed by atoms with Gasteiger partial charge in [-0.15, -0.1) is 0 Å². The highest BCUT2D eigenvalue weighted by Gasteiger charge is 2.45. The van der Waals surface area contributed by atoms with Gasteiger partial charge >= 0.3 is 0 Å². The highest BCUT2D eigenvalue weighted by Crippen LogP contribution is 2.39. The Morgan fingerprint density at radius 3 is 2.18 bits per heavy atom. The number of aliphatic hydroxyl groups excluding tert-OH is 1. The fourth-order valence-corrected chi connectivity index (χ4v) is 3.80. The maximum Gasteiger partial charge on any atom is 0.295 e. The van der Waals surface area contributed by atoms with E-state index in [0.717, 1.165) is 5.56 Å². The van der Waals surface area contributed by atoms with Crippen molar-refractivity contribution in [1.82, 2.24) is 9.80 Å². The molecule has 0 aromatic heterocycles. The average Bonchev–Trinajstić information content (AvgIpc) is 3.03. The lowest BCUT2D eigenvalue weighted by Gasteiger charge is -2.26. The second kappa shape index (κ2) is 10.5. The Balaban J connectivity index is 2.06. The Hall–Kier alpha value is -3.32. The van der Waals surface area contributed by atoms with Crippen LogP contribution in [0.3, 0.4) is 0 Å². The third kappa shape index (κ3) is 5.54. The largest absolute Gasteiger partial charge is 0.507 e. The molecule has 1 N–H and O–H groups in total.